The third-order valence-corrected chi connectivity index (χ3v) is 3.33. The van der Waals surface area contributed by atoms with Gasteiger partial charge in [-0.1, -0.05) is 6.07 Å². The Labute approximate surface area is 117 Å². The number of nitrogens with zero attached hydrogens (tertiary/aromatic N) is 4. The molecule has 0 amide bonds. The molecule has 2 aromatic heterocycles. The summed E-state index contributed by atoms with van der Waals surface area (Å²) in [5.74, 6) is 0. The fourth-order valence-electron chi connectivity index (χ4n) is 2.30. The molecule has 102 valence electrons. The maximum atomic E-state index is 4.20. The number of aromatic nitrogens is 4. The molecule has 0 spiro atoms. The van der Waals surface area contributed by atoms with Gasteiger partial charge < -0.3 is 9.88 Å². The fourth-order valence-corrected chi connectivity index (χ4v) is 2.30. The minimum absolute atomic E-state index is 0.195. The number of anilines is 1. The van der Waals surface area contributed by atoms with Crippen LogP contribution in [0.25, 0.3) is 5.69 Å². The Hall–Kier alpha value is -2.56. The van der Waals surface area contributed by atoms with Crippen molar-refractivity contribution in [2.75, 3.05) is 5.32 Å². The predicted octanol–water partition coefficient (Wildman–Crippen LogP) is 2.78. The van der Waals surface area contributed by atoms with Crippen molar-refractivity contribution in [1.82, 2.24) is 19.3 Å². The van der Waals surface area contributed by atoms with Gasteiger partial charge in [-0.3, -0.25) is 4.68 Å². The maximum Gasteiger partial charge on any atom is 0.0991 e. The third-order valence-electron chi connectivity index (χ3n) is 3.33. The summed E-state index contributed by atoms with van der Waals surface area (Å²) in [6, 6.07) is 10.5. The summed E-state index contributed by atoms with van der Waals surface area (Å²) in [6.45, 7) is 2.13. The second-order valence-corrected chi connectivity index (χ2v) is 4.77. The summed E-state index contributed by atoms with van der Waals surface area (Å²) in [5, 5.41) is 7.69. The van der Waals surface area contributed by atoms with Crippen LogP contribution < -0.4 is 5.32 Å². The lowest BCUT2D eigenvalue weighted by molar-refractivity contribution is 0.676. The zero-order chi connectivity index (χ0) is 13.9. The van der Waals surface area contributed by atoms with E-state index in [2.05, 4.69) is 40.5 Å². The first-order valence-corrected chi connectivity index (χ1v) is 6.57. The van der Waals surface area contributed by atoms with Crippen molar-refractivity contribution in [3.63, 3.8) is 0 Å². The number of benzene rings is 1. The Morgan fingerprint density at radius 1 is 1.20 bits per heavy atom. The van der Waals surface area contributed by atoms with Crippen LogP contribution in [0.1, 0.15) is 18.7 Å². The van der Waals surface area contributed by atoms with Crippen molar-refractivity contribution in [3.05, 3.63) is 60.9 Å². The standard InChI is InChI=1S/C15H17N5/c1-12(15-6-7-17-19(15)2)18-13-4-3-5-14(10-13)20-9-8-16-11-20/h3-12,18H,1-2H3. The van der Waals surface area contributed by atoms with E-state index in [1.165, 1.54) is 0 Å². The van der Waals surface area contributed by atoms with Crippen LogP contribution in [0.4, 0.5) is 5.69 Å². The second-order valence-electron chi connectivity index (χ2n) is 4.77. The highest BCUT2D eigenvalue weighted by atomic mass is 15.3. The quantitative estimate of drug-likeness (QED) is 0.790. The van der Waals surface area contributed by atoms with Crippen LogP contribution in [0.15, 0.2) is 55.2 Å². The lowest BCUT2D eigenvalue weighted by Crippen LogP contribution is -2.11. The molecule has 0 saturated heterocycles. The van der Waals surface area contributed by atoms with Crippen molar-refractivity contribution in [2.45, 2.75) is 13.0 Å². The topological polar surface area (TPSA) is 47.7 Å². The molecule has 1 N–H and O–H groups in total. The molecule has 3 rings (SSSR count). The molecular formula is C15H17N5. The monoisotopic (exact) mass is 267 g/mol. The summed E-state index contributed by atoms with van der Waals surface area (Å²) < 4.78 is 3.87. The van der Waals surface area contributed by atoms with Crippen LogP contribution in [-0.4, -0.2) is 19.3 Å². The molecular weight excluding hydrogens is 250 g/mol. The van der Waals surface area contributed by atoms with Gasteiger partial charge in [0, 0.05) is 37.0 Å². The first kappa shape index (κ1) is 12.5. The molecule has 5 nitrogen and oxygen atoms in total. The Kier molecular flexibility index (Phi) is 3.25. The van der Waals surface area contributed by atoms with Gasteiger partial charge in [-0.25, -0.2) is 4.98 Å². The van der Waals surface area contributed by atoms with Crippen molar-refractivity contribution in [3.8, 4) is 5.69 Å². The summed E-state index contributed by atoms with van der Waals surface area (Å²) in [5.41, 5.74) is 3.31. The average molecular weight is 267 g/mol. The highest BCUT2D eigenvalue weighted by molar-refractivity contribution is 5.52. The van der Waals surface area contributed by atoms with E-state index in [0.717, 1.165) is 17.1 Å². The number of imidazole rings is 1. The average Bonchev–Trinajstić information content (AvgIpc) is 3.09. The molecule has 0 saturated carbocycles. The zero-order valence-electron chi connectivity index (χ0n) is 11.6. The molecule has 3 aromatic rings. The number of aryl methyl sites for hydroxylation is 1. The van der Waals surface area contributed by atoms with E-state index in [1.807, 2.05) is 40.8 Å². The normalized spacial score (nSPS) is 12.3. The molecule has 2 heterocycles. The van der Waals surface area contributed by atoms with E-state index in [-0.39, 0.29) is 6.04 Å². The van der Waals surface area contributed by atoms with Crippen LogP contribution in [0.2, 0.25) is 0 Å². The molecule has 0 fully saturated rings. The predicted molar refractivity (Wildman–Crippen MR) is 78.8 cm³/mol. The van der Waals surface area contributed by atoms with Crippen molar-refractivity contribution in [2.24, 2.45) is 7.05 Å². The first-order valence-electron chi connectivity index (χ1n) is 6.57. The highest BCUT2D eigenvalue weighted by Crippen LogP contribution is 2.20. The summed E-state index contributed by atoms with van der Waals surface area (Å²) in [4.78, 5) is 4.07. The SMILES string of the molecule is CC(Nc1cccc(-n2ccnc2)c1)c1ccnn1C. The van der Waals surface area contributed by atoms with Crippen molar-refractivity contribution >= 4 is 5.69 Å². The molecule has 0 aliphatic rings. The summed E-state index contributed by atoms with van der Waals surface area (Å²) >= 11 is 0. The van der Waals surface area contributed by atoms with E-state index in [9.17, 15) is 0 Å². The van der Waals surface area contributed by atoms with Gasteiger partial charge in [0.15, 0.2) is 0 Å². The molecule has 0 radical (unpaired) electrons. The number of rotatable bonds is 4. The maximum absolute atomic E-state index is 4.20. The molecule has 1 aromatic carbocycles. The fraction of sp³-hybridized carbons (Fsp3) is 0.200. The Morgan fingerprint density at radius 2 is 2.10 bits per heavy atom. The van der Waals surface area contributed by atoms with Crippen LogP contribution in [0.5, 0.6) is 0 Å². The van der Waals surface area contributed by atoms with Crippen LogP contribution in [0, 0.1) is 0 Å². The van der Waals surface area contributed by atoms with Gasteiger partial charge in [-0.15, -0.1) is 0 Å². The highest BCUT2D eigenvalue weighted by Gasteiger charge is 2.09. The Bertz CT molecular complexity index is 684. The summed E-state index contributed by atoms with van der Waals surface area (Å²) in [7, 11) is 1.95. The molecule has 1 atom stereocenters. The van der Waals surface area contributed by atoms with Gasteiger partial charge in [0.1, 0.15) is 0 Å². The number of hydrogen-bond donors (Lipinski definition) is 1. The molecule has 0 aliphatic heterocycles. The first-order chi connectivity index (χ1) is 9.74. The zero-order valence-corrected chi connectivity index (χ0v) is 11.6. The van der Waals surface area contributed by atoms with E-state index in [4.69, 9.17) is 0 Å². The summed E-state index contributed by atoms with van der Waals surface area (Å²) in [6.07, 6.45) is 7.32. The number of nitrogens with one attached hydrogen (secondary N) is 1. The van der Waals surface area contributed by atoms with Gasteiger partial charge in [0.2, 0.25) is 0 Å². The van der Waals surface area contributed by atoms with E-state index in [0.29, 0.717) is 0 Å². The van der Waals surface area contributed by atoms with Gasteiger partial charge in [-0.2, -0.15) is 5.10 Å². The van der Waals surface area contributed by atoms with Gasteiger partial charge in [-0.05, 0) is 31.2 Å². The lowest BCUT2D eigenvalue weighted by Gasteiger charge is -2.16. The molecule has 0 bridgehead atoms. The molecule has 0 aliphatic carbocycles. The number of hydrogen-bond acceptors (Lipinski definition) is 3. The third kappa shape index (κ3) is 2.42. The lowest BCUT2D eigenvalue weighted by atomic mass is 10.2. The van der Waals surface area contributed by atoms with E-state index < -0.39 is 0 Å². The Balaban J connectivity index is 1.81. The molecule has 1 unspecified atom stereocenters. The molecule has 20 heavy (non-hydrogen) atoms. The minimum Gasteiger partial charge on any atom is -0.377 e. The van der Waals surface area contributed by atoms with Crippen molar-refractivity contribution < 1.29 is 0 Å². The second kappa shape index (κ2) is 5.21. The van der Waals surface area contributed by atoms with Crippen LogP contribution >= 0.6 is 0 Å². The van der Waals surface area contributed by atoms with Gasteiger partial charge in [0.05, 0.1) is 18.1 Å². The van der Waals surface area contributed by atoms with Crippen molar-refractivity contribution in [1.29, 1.82) is 0 Å². The van der Waals surface area contributed by atoms with Gasteiger partial charge in [0.25, 0.3) is 0 Å². The minimum atomic E-state index is 0.195. The van der Waals surface area contributed by atoms with E-state index in [1.54, 1.807) is 12.5 Å². The van der Waals surface area contributed by atoms with Crippen LogP contribution in [0.3, 0.4) is 0 Å². The van der Waals surface area contributed by atoms with Gasteiger partial charge >= 0.3 is 0 Å². The molecule has 5 heteroatoms. The Morgan fingerprint density at radius 3 is 2.80 bits per heavy atom. The smallest absolute Gasteiger partial charge is 0.0991 e. The largest absolute Gasteiger partial charge is 0.377 e. The van der Waals surface area contributed by atoms with E-state index >= 15 is 0 Å². The van der Waals surface area contributed by atoms with Crippen LogP contribution in [-0.2, 0) is 7.05 Å².